The van der Waals surface area contributed by atoms with Crippen molar-refractivity contribution in [2.45, 2.75) is 51.9 Å². The highest BCUT2D eigenvalue weighted by molar-refractivity contribution is 5.81. The van der Waals surface area contributed by atoms with Crippen LogP contribution >= 0.6 is 0 Å². The Balaban J connectivity index is 1.89. The topological polar surface area (TPSA) is 43.1 Å². The maximum Gasteiger partial charge on any atom is 0.136 e. The summed E-state index contributed by atoms with van der Waals surface area (Å²) in [6.07, 6.45) is 7.53. The summed E-state index contributed by atoms with van der Waals surface area (Å²) >= 11 is 0. The van der Waals surface area contributed by atoms with E-state index < -0.39 is 0 Å². The number of Topliss-reactive ketones (excluding diaryl/α,β-unsaturated/α-hetero) is 1. The van der Waals surface area contributed by atoms with E-state index in [1.807, 2.05) is 18.2 Å². The highest BCUT2D eigenvalue weighted by atomic mass is 16.1. The van der Waals surface area contributed by atoms with Crippen molar-refractivity contribution in [1.29, 1.82) is 0 Å². The second kappa shape index (κ2) is 6.74. The molecule has 19 heavy (non-hydrogen) atoms. The predicted molar refractivity (Wildman–Crippen MR) is 79.9 cm³/mol. The highest BCUT2D eigenvalue weighted by Gasteiger charge is 2.28. The Labute approximate surface area is 116 Å². The zero-order chi connectivity index (χ0) is 13.7. The summed E-state index contributed by atoms with van der Waals surface area (Å²) in [7, 11) is 0. The summed E-state index contributed by atoms with van der Waals surface area (Å²) in [5.41, 5.74) is 7.73. The molecule has 1 aromatic rings. The van der Waals surface area contributed by atoms with Crippen LogP contribution in [0.1, 0.15) is 51.0 Å². The molecule has 2 atom stereocenters. The van der Waals surface area contributed by atoms with Crippen LogP contribution in [0.15, 0.2) is 24.3 Å². The van der Waals surface area contributed by atoms with Gasteiger partial charge in [-0.1, -0.05) is 38.3 Å². The number of aryl methyl sites for hydroxylation is 1. The van der Waals surface area contributed by atoms with Crippen LogP contribution in [0.4, 0.5) is 5.69 Å². The van der Waals surface area contributed by atoms with E-state index in [1.165, 1.54) is 24.8 Å². The molecule has 1 aliphatic rings. The normalized spacial score (nSPS) is 23.2. The number of carbonyl (C=O) groups is 1. The van der Waals surface area contributed by atoms with Crippen LogP contribution < -0.4 is 5.73 Å². The van der Waals surface area contributed by atoms with Crippen molar-refractivity contribution >= 4 is 11.5 Å². The maximum absolute atomic E-state index is 12.4. The summed E-state index contributed by atoms with van der Waals surface area (Å²) < 4.78 is 0. The quantitative estimate of drug-likeness (QED) is 0.813. The number of nitrogen functional groups attached to an aromatic ring is 1. The number of rotatable bonds is 5. The Hall–Kier alpha value is -1.31. The van der Waals surface area contributed by atoms with E-state index in [0.29, 0.717) is 24.0 Å². The molecule has 2 unspecified atom stereocenters. The third-order valence-electron chi connectivity index (χ3n) is 4.46. The third kappa shape index (κ3) is 3.82. The van der Waals surface area contributed by atoms with Gasteiger partial charge < -0.3 is 5.73 Å². The van der Waals surface area contributed by atoms with Crippen molar-refractivity contribution < 1.29 is 4.79 Å². The fraction of sp³-hybridized carbons (Fsp3) is 0.588. The first-order chi connectivity index (χ1) is 9.20. The first-order valence-corrected chi connectivity index (χ1v) is 7.58. The molecule has 1 fully saturated rings. The van der Waals surface area contributed by atoms with Gasteiger partial charge >= 0.3 is 0 Å². The largest absolute Gasteiger partial charge is 0.399 e. The summed E-state index contributed by atoms with van der Waals surface area (Å²) in [6.45, 7) is 2.22. The maximum atomic E-state index is 12.4. The van der Waals surface area contributed by atoms with E-state index in [2.05, 4.69) is 13.0 Å². The van der Waals surface area contributed by atoms with Crippen LogP contribution in [0.3, 0.4) is 0 Å². The van der Waals surface area contributed by atoms with Gasteiger partial charge in [0.15, 0.2) is 0 Å². The van der Waals surface area contributed by atoms with Gasteiger partial charge in [0.2, 0.25) is 0 Å². The first-order valence-electron chi connectivity index (χ1n) is 7.58. The smallest absolute Gasteiger partial charge is 0.136 e. The van der Waals surface area contributed by atoms with Gasteiger partial charge in [-0.2, -0.15) is 0 Å². The fourth-order valence-electron chi connectivity index (χ4n) is 3.32. The van der Waals surface area contributed by atoms with Crippen LogP contribution in [0.5, 0.6) is 0 Å². The molecule has 0 bridgehead atoms. The molecule has 104 valence electrons. The number of hydrogen-bond acceptors (Lipinski definition) is 2. The van der Waals surface area contributed by atoms with Crippen molar-refractivity contribution in [3.8, 4) is 0 Å². The van der Waals surface area contributed by atoms with Gasteiger partial charge in [0.25, 0.3) is 0 Å². The molecule has 2 N–H and O–H groups in total. The van der Waals surface area contributed by atoms with E-state index >= 15 is 0 Å². The first kappa shape index (κ1) is 14.1. The van der Waals surface area contributed by atoms with Crippen LogP contribution in [0.2, 0.25) is 0 Å². The van der Waals surface area contributed by atoms with Gasteiger partial charge in [-0.25, -0.2) is 0 Å². The van der Waals surface area contributed by atoms with E-state index in [0.717, 1.165) is 24.9 Å². The average Bonchev–Trinajstić information content (AvgIpc) is 2.45. The third-order valence-corrected chi connectivity index (χ3v) is 4.46. The molecule has 0 radical (unpaired) electrons. The number of benzene rings is 1. The Morgan fingerprint density at radius 1 is 1.32 bits per heavy atom. The minimum absolute atomic E-state index is 0.319. The van der Waals surface area contributed by atoms with Gasteiger partial charge in [-0.15, -0.1) is 0 Å². The van der Waals surface area contributed by atoms with Gasteiger partial charge in [0.1, 0.15) is 5.78 Å². The molecule has 1 saturated carbocycles. The van der Waals surface area contributed by atoms with Gasteiger partial charge in [0, 0.05) is 18.0 Å². The second-order valence-electron chi connectivity index (χ2n) is 5.77. The van der Waals surface area contributed by atoms with Crippen LogP contribution in [-0.4, -0.2) is 5.78 Å². The van der Waals surface area contributed by atoms with Gasteiger partial charge in [0.05, 0.1) is 0 Å². The Bertz CT molecular complexity index is 427. The lowest BCUT2D eigenvalue weighted by molar-refractivity contribution is -0.125. The van der Waals surface area contributed by atoms with Crippen molar-refractivity contribution in [2.75, 3.05) is 5.73 Å². The zero-order valence-corrected chi connectivity index (χ0v) is 11.9. The Kier molecular flexibility index (Phi) is 5.00. The number of ketones is 1. The Morgan fingerprint density at radius 2 is 2.11 bits per heavy atom. The van der Waals surface area contributed by atoms with Crippen molar-refractivity contribution in [3.05, 3.63) is 29.8 Å². The molecule has 0 saturated heterocycles. The summed E-state index contributed by atoms with van der Waals surface area (Å²) in [5, 5.41) is 0. The van der Waals surface area contributed by atoms with E-state index in [1.54, 1.807) is 0 Å². The lowest BCUT2D eigenvalue weighted by atomic mass is 9.74. The van der Waals surface area contributed by atoms with Crippen LogP contribution in [0, 0.1) is 11.8 Å². The predicted octanol–water partition coefficient (Wildman–Crippen LogP) is 3.99. The minimum atomic E-state index is 0.319. The molecule has 2 heteroatoms. The van der Waals surface area contributed by atoms with Crippen molar-refractivity contribution in [3.63, 3.8) is 0 Å². The molecule has 1 aliphatic carbocycles. The standard InChI is InChI=1S/C17H25NO/c1-2-14-7-3-4-9-16(14)17(19)11-10-13-6-5-8-15(18)12-13/h5-6,8,12,14,16H,2-4,7,9-11,18H2,1H3. The number of hydrogen-bond donors (Lipinski definition) is 1. The minimum Gasteiger partial charge on any atom is -0.399 e. The Morgan fingerprint density at radius 3 is 2.84 bits per heavy atom. The van der Waals surface area contributed by atoms with E-state index in [4.69, 9.17) is 5.73 Å². The lowest BCUT2D eigenvalue weighted by Gasteiger charge is -2.29. The molecule has 2 nitrogen and oxygen atoms in total. The summed E-state index contributed by atoms with van der Waals surface area (Å²) in [5.74, 6) is 1.41. The zero-order valence-electron chi connectivity index (χ0n) is 11.9. The number of carbonyl (C=O) groups excluding carboxylic acids is 1. The SMILES string of the molecule is CCC1CCCCC1C(=O)CCc1cccc(N)c1. The van der Waals surface area contributed by atoms with E-state index in [9.17, 15) is 4.79 Å². The fourth-order valence-corrected chi connectivity index (χ4v) is 3.32. The summed E-state index contributed by atoms with van der Waals surface area (Å²) in [6, 6.07) is 7.89. The van der Waals surface area contributed by atoms with Crippen molar-refractivity contribution in [2.24, 2.45) is 11.8 Å². The molecule has 0 amide bonds. The monoisotopic (exact) mass is 259 g/mol. The molecule has 0 heterocycles. The van der Waals surface area contributed by atoms with Crippen LogP contribution in [0.25, 0.3) is 0 Å². The molecular formula is C17H25NO. The average molecular weight is 259 g/mol. The molecule has 1 aromatic carbocycles. The number of anilines is 1. The lowest BCUT2D eigenvalue weighted by Crippen LogP contribution is -2.27. The number of nitrogens with two attached hydrogens (primary N) is 1. The molecule has 0 aromatic heterocycles. The van der Waals surface area contributed by atoms with Crippen LogP contribution in [-0.2, 0) is 11.2 Å². The second-order valence-corrected chi connectivity index (χ2v) is 5.77. The van der Waals surface area contributed by atoms with Gasteiger partial charge in [-0.05, 0) is 42.9 Å². The summed E-state index contributed by atoms with van der Waals surface area (Å²) in [4.78, 5) is 12.4. The molecule has 0 spiro atoms. The van der Waals surface area contributed by atoms with Crippen molar-refractivity contribution in [1.82, 2.24) is 0 Å². The van der Waals surface area contributed by atoms with Gasteiger partial charge in [-0.3, -0.25) is 4.79 Å². The van der Waals surface area contributed by atoms with E-state index in [-0.39, 0.29) is 0 Å². The molecule has 2 rings (SSSR count). The molecular weight excluding hydrogens is 234 g/mol. The molecule has 0 aliphatic heterocycles. The highest BCUT2D eigenvalue weighted by Crippen LogP contribution is 2.33.